The summed E-state index contributed by atoms with van der Waals surface area (Å²) < 4.78 is 13.1. The molecule has 3 rings (SSSR count). The molecule has 134 valence electrons. The fourth-order valence-electron chi connectivity index (χ4n) is 2.80. The van der Waals surface area contributed by atoms with Gasteiger partial charge in [-0.15, -0.1) is 0 Å². The third-order valence-corrected chi connectivity index (χ3v) is 4.19. The van der Waals surface area contributed by atoms with Crippen molar-refractivity contribution in [3.05, 3.63) is 66.0 Å². The van der Waals surface area contributed by atoms with E-state index in [4.69, 9.17) is 0 Å². The topological polar surface area (TPSA) is 69.7 Å². The van der Waals surface area contributed by atoms with Gasteiger partial charge in [0.15, 0.2) is 0 Å². The molecule has 0 unspecified atom stereocenters. The highest BCUT2D eigenvalue weighted by Gasteiger charge is 2.43. The molecule has 1 atom stereocenters. The Morgan fingerprint density at radius 3 is 2.38 bits per heavy atom. The fourth-order valence-corrected chi connectivity index (χ4v) is 2.80. The molecule has 1 fully saturated rings. The van der Waals surface area contributed by atoms with Crippen LogP contribution in [0.15, 0.2) is 54.6 Å². The zero-order valence-corrected chi connectivity index (χ0v) is 14.2. The van der Waals surface area contributed by atoms with E-state index in [1.54, 1.807) is 6.92 Å². The Balaban J connectivity index is 1.66. The van der Waals surface area contributed by atoms with Crippen LogP contribution in [0.1, 0.15) is 12.5 Å². The summed E-state index contributed by atoms with van der Waals surface area (Å²) in [6, 6.07) is 13.3. The van der Waals surface area contributed by atoms with Crippen LogP contribution >= 0.6 is 0 Å². The molecule has 0 aromatic heterocycles. The van der Waals surface area contributed by atoms with Gasteiger partial charge in [0.1, 0.15) is 18.4 Å². The van der Waals surface area contributed by atoms with Gasteiger partial charge in [0.2, 0.25) is 5.91 Å². The summed E-state index contributed by atoms with van der Waals surface area (Å²) in [6.45, 7) is 1.53. The number of urea groups is 1. The molecular weight excluding hydrogens is 337 g/mol. The van der Waals surface area contributed by atoms with Crippen molar-refractivity contribution in [2.75, 3.05) is 11.4 Å². The molecular formula is C19H18FN3O3. The van der Waals surface area contributed by atoms with E-state index in [9.17, 15) is 18.8 Å². The third kappa shape index (κ3) is 3.56. The first-order valence-electron chi connectivity index (χ1n) is 8.18. The number of nitrogens with one attached hydrogen (secondary N) is 1. The SMILES string of the molecule is C[C@@H]1C(=O)N(CC(=O)NCc2ccccc2)C(=O)N1c1ccc(F)cc1. The molecule has 0 spiro atoms. The molecule has 7 heteroatoms. The molecule has 0 aliphatic carbocycles. The van der Waals surface area contributed by atoms with E-state index in [1.165, 1.54) is 29.2 Å². The Morgan fingerprint density at radius 2 is 1.73 bits per heavy atom. The predicted octanol–water partition coefficient (Wildman–Crippen LogP) is 2.30. The zero-order chi connectivity index (χ0) is 18.7. The van der Waals surface area contributed by atoms with Gasteiger partial charge >= 0.3 is 6.03 Å². The molecule has 0 saturated carbocycles. The molecule has 2 aromatic carbocycles. The number of halogens is 1. The van der Waals surface area contributed by atoms with Crippen molar-refractivity contribution in [2.24, 2.45) is 0 Å². The number of amides is 4. The summed E-state index contributed by atoms with van der Waals surface area (Å²) in [5.41, 5.74) is 1.32. The highest BCUT2D eigenvalue weighted by Crippen LogP contribution is 2.25. The summed E-state index contributed by atoms with van der Waals surface area (Å²) in [6.07, 6.45) is 0. The molecule has 4 amide bonds. The van der Waals surface area contributed by atoms with Gasteiger partial charge in [-0.05, 0) is 36.8 Å². The minimum atomic E-state index is -0.755. The van der Waals surface area contributed by atoms with Gasteiger partial charge in [-0.25, -0.2) is 9.18 Å². The van der Waals surface area contributed by atoms with Crippen LogP contribution in [0.4, 0.5) is 14.9 Å². The van der Waals surface area contributed by atoms with Gasteiger partial charge in [0.25, 0.3) is 5.91 Å². The third-order valence-electron chi connectivity index (χ3n) is 4.19. The van der Waals surface area contributed by atoms with Crippen LogP contribution < -0.4 is 10.2 Å². The van der Waals surface area contributed by atoms with Crippen molar-refractivity contribution in [3.8, 4) is 0 Å². The first-order valence-corrected chi connectivity index (χ1v) is 8.18. The predicted molar refractivity (Wildman–Crippen MR) is 93.7 cm³/mol. The molecule has 26 heavy (non-hydrogen) atoms. The van der Waals surface area contributed by atoms with E-state index >= 15 is 0 Å². The second-order valence-corrected chi connectivity index (χ2v) is 5.99. The second kappa shape index (κ2) is 7.35. The molecule has 1 aliphatic rings. The van der Waals surface area contributed by atoms with Crippen molar-refractivity contribution < 1.29 is 18.8 Å². The number of carbonyl (C=O) groups excluding carboxylic acids is 3. The summed E-state index contributed by atoms with van der Waals surface area (Å²) in [4.78, 5) is 39.3. The lowest BCUT2D eigenvalue weighted by Crippen LogP contribution is -2.41. The van der Waals surface area contributed by atoms with Crippen LogP contribution in [-0.4, -0.2) is 35.3 Å². The number of imide groups is 1. The molecule has 0 radical (unpaired) electrons. The molecule has 6 nitrogen and oxygen atoms in total. The van der Waals surface area contributed by atoms with Gasteiger partial charge in [0, 0.05) is 12.2 Å². The Morgan fingerprint density at radius 1 is 1.08 bits per heavy atom. The van der Waals surface area contributed by atoms with Gasteiger partial charge in [-0.1, -0.05) is 30.3 Å². The standard InChI is InChI=1S/C19H18FN3O3/c1-13-18(25)22(12-17(24)21-11-14-5-3-2-4-6-14)19(26)23(13)16-9-7-15(20)8-10-16/h2-10,13H,11-12H2,1H3,(H,21,24)/t13-/m1/s1. The van der Waals surface area contributed by atoms with Crippen molar-refractivity contribution in [3.63, 3.8) is 0 Å². The van der Waals surface area contributed by atoms with E-state index in [2.05, 4.69) is 5.32 Å². The first kappa shape index (κ1) is 17.6. The van der Waals surface area contributed by atoms with E-state index in [0.717, 1.165) is 10.5 Å². The maximum absolute atomic E-state index is 13.1. The highest BCUT2D eigenvalue weighted by molar-refractivity contribution is 6.15. The molecule has 2 aromatic rings. The van der Waals surface area contributed by atoms with E-state index in [-0.39, 0.29) is 6.54 Å². The average Bonchev–Trinajstić information content (AvgIpc) is 2.85. The largest absolute Gasteiger partial charge is 0.350 e. The average molecular weight is 355 g/mol. The lowest BCUT2D eigenvalue weighted by molar-refractivity contribution is -0.131. The number of benzene rings is 2. The Bertz CT molecular complexity index is 824. The number of carbonyl (C=O) groups is 3. The normalized spacial score (nSPS) is 16.9. The van der Waals surface area contributed by atoms with E-state index in [0.29, 0.717) is 12.2 Å². The molecule has 1 heterocycles. The van der Waals surface area contributed by atoms with Gasteiger partial charge in [0.05, 0.1) is 0 Å². The molecule has 0 bridgehead atoms. The van der Waals surface area contributed by atoms with Crippen LogP contribution in [0.25, 0.3) is 0 Å². The summed E-state index contributed by atoms with van der Waals surface area (Å²) >= 11 is 0. The van der Waals surface area contributed by atoms with Crippen LogP contribution in [0.5, 0.6) is 0 Å². The number of hydrogen-bond acceptors (Lipinski definition) is 3. The Hall–Kier alpha value is -3.22. The molecule has 1 saturated heterocycles. The van der Waals surface area contributed by atoms with Crippen LogP contribution in [0.2, 0.25) is 0 Å². The molecule has 1 aliphatic heterocycles. The lowest BCUT2D eigenvalue weighted by Gasteiger charge is -2.19. The summed E-state index contributed by atoms with van der Waals surface area (Å²) in [7, 11) is 0. The minimum absolute atomic E-state index is 0.313. The van der Waals surface area contributed by atoms with Crippen molar-refractivity contribution in [2.45, 2.75) is 19.5 Å². The van der Waals surface area contributed by atoms with Crippen molar-refractivity contribution >= 4 is 23.5 Å². The van der Waals surface area contributed by atoms with Crippen LogP contribution in [0, 0.1) is 5.82 Å². The maximum atomic E-state index is 13.1. The smallest absolute Gasteiger partial charge is 0.332 e. The van der Waals surface area contributed by atoms with Crippen LogP contribution in [-0.2, 0) is 16.1 Å². The maximum Gasteiger partial charge on any atom is 0.332 e. The monoisotopic (exact) mass is 355 g/mol. The minimum Gasteiger partial charge on any atom is -0.350 e. The number of rotatable bonds is 5. The number of hydrogen-bond donors (Lipinski definition) is 1. The lowest BCUT2D eigenvalue weighted by atomic mass is 10.2. The Labute approximate surface area is 150 Å². The molecule has 1 N–H and O–H groups in total. The highest BCUT2D eigenvalue weighted by atomic mass is 19.1. The summed E-state index contributed by atoms with van der Waals surface area (Å²) in [5, 5.41) is 2.69. The van der Waals surface area contributed by atoms with Crippen LogP contribution in [0.3, 0.4) is 0 Å². The zero-order valence-electron chi connectivity index (χ0n) is 14.2. The Kier molecular flexibility index (Phi) is 4.97. The second-order valence-electron chi connectivity index (χ2n) is 5.99. The number of anilines is 1. The van der Waals surface area contributed by atoms with Crippen molar-refractivity contribution in [1.29, 1.82) is 0 Å². The fraction of sp³-hybridized carbons (Fsp3) is 0.211. The van der Waals surface area contributed by atoms with Gasteiger partial charge in [-0.2, -0.15) is 0 Å². The van der Waals surface area contributed by atoms with Gasteiger partial charge < -0.3 is 5.32 Å². The van der Waals surface area contributed by atoms with Crippen molar-refractivity contribution in [1.82, 2.24) is 10.2 Å². The quantitative estimate of drug-likeness (QED) is 0.837. The first-order chi connectivity index (χ1) is 12.5. The van der Waals surface area contributed by atoms with Gasteiger partial charge in [-0.3, -0.25) is 19.4 Å². The summed E-state index contributed by atoms with van der Waals surface area (Å²) in [5.74, 6) is -1.32. The van der Waals surface area contributed by atoms with E-state index < -0.39 is 29.7 Å². The number of nitrogens with zero attached hydrogens (tertiary/aromatic N) is 2. The van der Waals surface area contributed by atoms with E-state index in [1.807, 2.05) is 30.3 Å².